The van der Waals surface area contributed by atoms with E-state index < -0.39 is 0 Å². The standard InChI is InChI=1S/C12H15N3O2/c1-5-17-12(16)10-6-13-15-9(4)7(2)8(3)14-11(10)15/h6H,5H2,1-4H3. The second kappa shape index (κ2) is 4.16. The van der Waals surface area contributed by atoms with Crippen molar-refractivity contribution in [3.8, 4) is 0 Å². The van der Waals surface area contributed by atoms with Gasteiger partial charge in [-0.3, -0.25) is 0 Å². The molecule has 0 aliphatic carbocycles. The first-order chi connectivity index (χ1) is 8.06. The Kier molecular flexibility index (Phi) is 2.83. The van der Waals surface area contributed by atoms with E-state index in [0.29, 0.717) is 17.8 Å². The Bertz CT molecular complexity index is 587. The third kappa shape index (κ3) is 1.77. The zero-order chi connectivity index (χ0) is 12.6. The van der Waals surface area contributed by atoms with Crippen molar-refractivity contribution in [3.63, 3.8) is 0 Å². The SMILES string of the molecule is CCOC(=O)c1cnn2c(C)c(C)c(C)nc12. The maximum absolute atomic E-state index is 11.7. The molecule has 2 rings (SSSR count). The van der Waals surface area contributed by atoms with Crippen molar-refractivity contribution in [3.05, 3.63) is 28.7 Å². The third-order valence-electron chi connectivity index (χ3n) is 2.92. The van der Waals surface area contributed by atoms with Crippen LogP contribution in [0.25, 0.3) is 5.65 Å². The molecule has 0 aromatic carbocycles. The van der Waals surface area contributed by atoms with Crippen LogP contribution in [0.5, 0.6) is 0 Å². The van der Waals surface area contributed by atoms with Gasteiger partial charge in [0, 0.05) is 11.4 Å². The molecule has 17 heavy (non-hydrogen) atoms. The number of nitrogens with zero attached hydrogens (tertiary/aromatic N) is 3. The zero-order valence-corrected chi connectivity index (χ0v) is 10.4. The highest BCUT2D eigenvalue weighted by Crippen LogP contribution is 2.16. The van der Waals surface area contributed by atoms with E-state index >= 15 is 0 Å². The van der Waals surface area contributed by atoms with Gasteiger partial charge in [0.1, 0.15) is 5.56 Å². The number of hydrogen-bond acceptors (Lipinski definition) is 4. The van der Waals surface area contributed by atoms with Gasteiger partial charge in [-0.25, -0.2) is 14.3 Å². The van der Waals surface area contributed by atoms with E-state index in [1.54, 1.807) is 11.4 Å². The van der Waals surface area contributed by atoms with Gasteiger partial charge < -0.3 is 4.74 Å². The van der Waals surface area contributed by atoms with Crippen molar-refractivity contribution in [2.24, 2.45) is 0 Å². The Balaban J connectivity index is 2.65. The van der Waals surface area contributed by atoms with Gasteiger partial charge in [0.25, 0.3) is 0 Å². The lowest BCUT2D eigenvalue weighted by atomic mass is 10.2. The minimum Gasteiger partial charge on any atom is -0.462 e. The predicted octanol–water partition coefficient (Wildman–Crippen LogP) is 1.83. The van der Waals surface area contributed by atoms with Gasteiger partial charge >= 0.3 is 5.97 Å². The first-order valence-corrected chi connectivity index (χ1v) is 5.55. The molecule has 5 nitrogen and oxygen atoms in total. The average Bonchev–Trinajstić information content (AvgIpc) is 2.70. The fraction of sp³-hybridized carbons (Fsp3) is 0.417. The lowest BCUT2D eigenvalue weighted by molar-refractivity contribution is 0.0528. The first-order valence-electron chi connectivity index (χ1n) is 5.55. The molecule has 0 fully saturated rings. The average molecular weight is 233 g/mol. The quantitative estimate of drug-likeness (QED) is 0.742. The summed E-state index contributed by atoms with van der Waals surface area (Å²) in [5.74, 6) is -0.377. The van der Waals surface area contributed by atoms with E-state index in [0.717, 1.165) is 17.0 Å². The summed E-state index contributed by atoms with van der Waals surface area (Å²) in [4.78, 5) is 16.1. The monoisotopic (exact) mass is 233 g/mol. The van der Waals surface area contributed by atoms with Gasteiger partial charge in [-0.2, -0.15) is 5.10 Å². The Morgan fingerprint density at radius 2 is 2.12 bits per heavy atom. The van der Waals surface area contributed by atoms with Crippen molar-refractivity contribution >= 4 is 11.6 Å². The highest BCUT2D eigenvalue weighted by atomic mass is 16.5. The molecule has 2 heterocycles. The van der Waals surface area contributed by atoms with E-state index in [-0.39, 0.29) is 5.97 Å². The van der Waals surface area contributed by atoms with Crippen molar-refractivity contribution < 1.29 is 9.53 Å². The van der Waals surface area contributed by atoms with Gasteiger partial charge in [0.05, 0.1) is 12.8 Å². The maximum atomic E-state index is 11.7. The van der Waals surface area contributed by atoms with Crippen LogP contribution in [-0.4, -0.2) is 27.2 Å². The summed E-state index contributed by atoms with van der Waals surface area (Å²) < 4.78 is 6.65. The minimum absolute atomic E-state index is 0.347. The number of rotatable bonds is 2. The second-order valence-corrected chi connectivity index (χ2v) is 3.92. The molecule has 2 aromatic rings. The number of aryl methyl sites for hydroxylation is 2. The molecule has 0 aliphatic rings. The van der Waals surface area contributed by atoms with Gasteiger partial charge in [-0.05, 0) is 33.3 Å². The summed E-state index contributed by atoms with van der Waals surface area (Å²) in [5, 5.41) is 4.18. The molecule has 0 aliphatic heterocycles. The normalized spacial score (nSPS) is 10.8. The van der Waals surface area contributed by atoms with Gasteiger partial charge in [-0.15, -0.1) is 0 Å². The van der Waals surface area contributed by atoms with E-state index in [2.05, 4.69) is 10.1 Å². The summed E-state index contributed by atoms with van der Waals surface area (Å²) in [6.45, 7) is 7.99. The van der Waals surface area contributed by atoms with E-state index in [1.807, 2.05) is 20.8 Å². The number of carbonyl (C=O) groups excluding carboxylic acids is 1. The maximum Gasteiger partial charge on any atom is 0.343 e. The molecule has 0 saturated heterocycles. The van der Waals surface area contributed by atoms with Crippen molar-refractivity contribution in [1.82, 2.24) is 14.6 Å². The molecule has 0 N–H and O–H groups in total. The first kappa shape index (κ1) is 11.6. The number of hydrogen-bond donors (Lipinski definition) is 0. The summed E-state index contributed by atoms with van der Waals surface area (Å²) in [7, 11) is 0. The predicted molar refractivity (Wildman–Crippen MR) is 63.2 cm³/mol. The zero-order valence-electron chi connectivity index (χ0n) is 10.4. The molecule has 0 radical (unpaired) electrons. The van der Waals surface area contributed by atoms with Gasteiger partial charge in [0.2, 0.25) is 0 Å². The van der Waals surface area contributed by atoms with E-state index in [1.165, 1.54) is 6.20 Å². The molecule has 0 unspecified atom stereocenters. The number of fused-ring (bicyclic) bond motifs is 1. The minimum atomic E-state index is -0.377. The van der Waals surface area contributed by atoms with Crippen LogP contribution in [0, 0.1) is 20.8 Å². The van der Waals surface area contributed by atoms with Crippen molar-refractivity contribution in [1.29, 1.82) is 0 Å². The number of aromatic nitrogens is 3. The molecule has 90 valence electrons. The van der Waals surface area contributed by atoms with Crippen LogP contribution in [-0.2, 0) is 4.74 Å². The molecule has 0 saturated carbocycles. The van der Waals surface area contributed by atoms with Crippen LogP contribution in [0.3, 0.4) is 0 Å². The lowest BCUT2D eigenvalue weighted by Crippen LogP contribution is -2.07. The highest BCUT2D eigenvalue weighted by molar-refractivity contribution is 5.95. The lowest BCUT2D eigenvalue weighted by Gasteiger charge is -2.06. The second-order valence-electron chi connectivity index (χ2n) is 3.92. The fourth-order valence-electron chi connectivity index (χ4n) is 1.71. The smallest absolute Gasteiger partial charge is 0.343 e. The summed E-state index contributed by atoms with van der Waals surface area (Å²) in [6, 6.07) is 0. The van der Waals surface area contributed by atoms with Crippen molar-refractivity contribution in [2.45, 2.75) is 27.7 Å². The topological polar surface area (TPSA) is 56.5 Å². The van der Waals surface area contributed by atoms with Gasteiger partial charge in [0.15, 0.2) is 5.65 Å². The Hall–Kier alpha value is -1.91. The molecule has 5 heteroatoms. The highest BCUT2D eigenvalue weighted by Gasteiger charge is 2.17. The van der Waals surface area contributed by atoms with E-state index in [4.69, 9.17) is 4.74 Å². The van der Waals surface area contributed by atoms with E-state index in [9.17, 15) is 4.79 Å². The van der Waals surface area contributed by atoms with Crippen molar-refractivity contribution in [2.75, 3.05) is 6.61 Å². The number of esters is 1. The Labute approximate surface area is 99.4 Å². The molecular formula is C12H15N3O2. The van der Waals surface area contributed by atoms with Crippen LogP contribution in [0.2, 0.25) is 0 Å². The largest absolute Gasteiger partial charge is 0.462 e. The molecule has 0 bridgehead atoms. The summed E-state index contributed by atoms with van der Waals surface area (Å²) >= 11 is 0. The van der Waals surface area contributed by atoms with Crippen LogP contribution < -0.4 is 0 Å². The fourth-order valence-corrected chi connectivity index (χ4v) is 1.71. The van der Waals surface area contributed by atoms with Crippen LogP contribution in [0.1, 0.15) is 34.2 Å². The molecular weight excluding hydrogens is 218 g/mol. The Morgan fingerprint density at radius 3 is 2.76 bits per heavy atom. The van der Waals surface area contributed by atoms with Crippen LogP contribution in [0.15, 0.2) is 6.20 Å². The molecule has 0 atom stereocenters. The molecule has 2 aromatic heterocycles. The summed E-state index contributed by atoms with van der Waals surface area (Å²) in [5.41, 5.74) is 3.95. The van der Waals surface area contributed by atoms with Crippen LogP contribution >= 0.6 is 0 Å². The van der Waals surface area contributed by atoms with Crippen LogP contribution in [0.4, 0.5) is 0 Å². The molecule has 0 spiro atoms. The number of ether oxygens (including phenoxy) is 1. The number of carbonyl (C=O) groups is 1. The molecule has 0 amide bonds. The Morgan fingerprint density at radius 1 is 1.41 bits per heavy atom. The summed E-state index contributed by atoms with van der Waals surface area (Å²) in [6.07, 6.45) is 1.51. The third-order valence-corrected chi connectivity index (χ3v) is 2.92. The van der Waals surface area contributed by atoms with Gasteiger partial charge in [-0.1, -0.05) is 0 Å².